The number of alkyl halides is 3. The molecule has 0 aliphatic heterocycles. The van der Waals surface area contributed by atoms with Gasteiger partial charge in [-0.15, -0.1) is 0 Å². The Morgan fingerprint density at radius 1 is 1.19 bits per heavy atom. The van der Waals surface area contributed by atoms with Crippen LogP contribution >= 0.6 is 0 Å². The van der Waals surface area contributed by atoms with E-state index in [4.69, 9.17) is 5.73 Å². The second-order valence-corrected chi connectivity index (χ2v) is 5.17. The fourth-order valence-corrected chi connectivity index (χ4v) is 1.99. The average molecular weight is 303 g/mol. The Balaban J connectivity index is 2.98. The van der Waals surface area contributed by atoms with Crippen LogP contribution in [0.5, 0.6) is 0 Å². The second kappa shape index (κ2) is 6.80. The summed E-state index contributed by atoms with van der Waals surface area (Å²) in [6.07, 6.45) is -3.67. The minimum Gasteiger partial charge on any atom is -0.374 e. The largest absolute Gasteiger partial charge is 0.416 e. The number of amides is 1. The molecule has 7 heteroatoms. The van der Waals surface area contributed by atoms with Crippen LogP contribution < -0.4 is 10.6 Å². The van der Waals surface area contributed by atoms with Gasteiger partial charge in [-0.2, -0.15) is 13.2 Å². The van der Waals surface area contributed by atoms with Gasteiger partial charge in [-0.3, -0.25) is 4.79 Å². The van der Waals surface area contributed by atoms with Crippen molar-refractivity contribution >= 4 is 11.6 Å². The third kappa shape index (κ3) is 4.93. The van der Waals surface area contributed by atoms with Gasteiger partial charge < -0.3 is 15.5 Å². The van der Waals surface area contributed by atoms with Crippen molar-refractivity contribution in [1.29, 1.82) is 0 Å². The fraction of sp³-hybridized carbons (Fsp3) is 0.500. The van der Waals surface area contributed by atoms with Crippen molar-refractivity contribution in [2.24, 2.45) is 5.73 Å². The molecule has 0 atom stereocenters. The van der Waals surface area contributed by atoms with Gasteiger partial charge in [0.05, 0.1) is 11.1 Å². The highest BCUT2D eigenvalue weighted by Crippen LogP contribution is 2.32. The van der Waals surface area contributed by atoms with E-state index in [0.29, 0.717) is 12.2 Å². The van der Waals surface area contributed by atoms with Gasteiger partial charge in [0.1, 0.15) is 0 Å². The SMILES string of the molecule is CN(C)CCCN(C)c1ccc(C(F)(F)F)cc1C(N)=O. The molecule has 2 N–H and O–H groups in total. The minimum absolute atomic E-state index is 0.114. The molecule has 21 heavy (non-hydrogen) atoms. The van der Waals surface area contributed by atoms with E-state index in [1.807, 2.05) is 19.0 Å². The molecule has 1 amide bonds. The van der Waals surface area contributed by atoms with E-state index in [0.717, 1.165) is 25.1 Å². The number of nitrogens with zero attached hydrogens (tertiary/aromatic N) is 2. The molecule has 0 aliphatic carbocycles. The van der Waals surface area contributed by atoms with Crippen LogP contribution in [-0.4, -0.2) is 45.0 Å². The van der Waals surface area contributed by atoms with Crippen LogP contribution in [0.3, 0.4) is 0 Å². The maximum atomic E-state index is 12.7. The van der Waals surface area contributed by atoms with Crippen molar-refractivity contribution in [2.75, 3.05) is 39.1 Å². The van der Waals surface area contributed by atoms with E-state index in [1.165, 1.54) is 6.07 Å². The van der Waals surface area contributed by atoms with Gasteiger partial charge in [-0.05, 0) is 45.3 Å². The highest BCUT2D eigenvalue weighted by atomic mass is 19.4. The van der Waals surface area contributed by atoms with Crippen LogP contribution in [-0.2, 0) is 6.18 Å². The standard InChI is InChI=1S/C14H20F3N3O/c1-19(2)7-4-8-20(3)12-6-5-10(14(15,16)17)9-11(12)13(18)21/h5-6,9H,4,7-8H2,1-3H3,(H2,18,21). The summed E-state index contributed by atoms with van der Waals surface area (Å²) in [7, 11) is 5.60. The summed E-state index contributed by atoms with van der Waals surface area (Å²) in [5.74, 6) is -0.865. The number of benzene rings is 1. The van der Waals surface area contributed by atoms with Crippen LogP contribution in [0.15, 0.2) is 18.2 Å². The summed E-state index contributed by atoms with van der Waals surface area (Å²) in [5, 5.41) is 0. The Morgan fingerprint density at radius 3 is 2.29 bits per heavy atom. The number of nitrogens with two attached hydrogens (primary N) is 1. The molecule has 0 unspecified atom stereocenters. The first kappa shape index (κ1) is 17.3. The third-order valence-electron chi connectivity index (χ3n) is 3.10. The van der Waals surface area contributed by atoms with Gasteiger partial charge in [-0.1, -0.05) is 0 Å². The smallest absolute Gasteiger partial charge is 0.374 e. The molecule has 0 radical (unpaired) electrons. The zero-order valence-corrected chi connectivity index (χ0v) is 12.4. The first-order valence-electron chi connectivity index (χ1n) is 6.50. The number of halogens is 3. The maximum Gasteiger partial charge on any atom is 0.416 e. The normalized spacial score (nSPS) is 11.8. The van der Waals surface area contributed by atoms with Crippen molar-refractivity contribution in [2.45, 2.75) is 12.6 Å². The first-order valence-corrected chi connectivity index (χ1v) is 6.50. The van der Waals surface area contributed by atoms with E-state index < -0.39 is 17.6 Å². The molecule has 1 rings (SSSR count). The molecule has 0 bridgehead atoms. The summed E-state index contributed by atoms with van der Waals surface area (Å²) in [4.78, 5) is 15.2. The van der Waals surface area contributed by atoms with Crippen molar-refractivity contribution in [3.8, 4) is 0 Å². The Labute approximate surface area is 122 Å². The van der Waals surface area contributed by atoms with Crippen LogP contribution in [0.25, 0.3) is 0 Å². The molecular formula is C14H20F3N3O. The van der Waals surface area contributed by atoms with E-state index in [9.17, 15) is 18.0 Å². The highest BCUT2D eigenvalue weighted by molar-refractivity contribution is 5.98. The van der Waals surface area contributed by atoms with E-state index in [-0.39, 0.29) is 5.56 Å². The van der Waals surface area contributed by atoms with E-state index in [2.05, 4.69) is 0 Å². The summed E-state index contributed by atoms with van der Waals surface area (Å²) in [5.41, 5.74) is 4.62. The molecular weight excluding hydrogens is 283 g/mol. The number of rotatable bonds is 6. The number of carbonyl (C=O) groups excluding carboxylic acids is 1. The third-order valence-corrected chi connectivity index (χ3v) is 3.10. The highest BCUT2D eigenvalue weighted by Gasteiger charge is 2.31. The lowest BCUT2D eigenvalue weighted by Gasteiger charge is -2.23. The molecule has 0 spiro atoms. The number of hydrogen-bond acceptors (Lipinski definition) is 3. The Bertz CT molecular complexity index is 501. The van der Waals surface area contributed by atoms with Gasteiger partial charge in [0, 0.05) is 19.3 Å². The molecule has 0 saturated carbocycles. The topological polar surface area (TPSA) is 49.6 Å². The molecule has 1 aromatic carbocycles. The van der Waals surface area contributed by atoms with Crippen LogP contribution in [0.4, 0.5) is 18.9 Å². The zero-order valence-electron chi connectivity index (χ0n) is 12.4. The van der Waals surface area contributed by atoms with Gasteiger partial charge in [0.15, 0.2) is 0 Å². The monoisotopic (exact) mass is 303 g/mol. The van der Waals surface area contributed by atoms with E-state index in [1.54, 1.807) is 11.9 Å². The zero-order chi connectivity index (χ0) is 16.2. The number of carbonyl (C=O) groups is 1. The number of hydrogen-bond donors (Lipinski definition) is 1. The summed E-state index contributed by atoms with van der Waals surface area (Å²) >= 11 is 0. The minimum atomic E-state index is -4.49. The second-order valence-electron chi connectivity index (χ2n) is 5.17. The molecule has 0 saturated heterocycles. The summed E-state index contributed by atoms with van der Waals surface area (Å²) in [6, 6.07) is 3.06. The Morgan fingerprint density at radius 2 is 1.81 bits per heavy atom. The molecule has 0 aliphatic rings. The van der Waals surface area contributed by atoms with Gasteiger partial charge in [-0.25, -0.2) is 0 Å². The molecule has 0 heterocycles. The molecule has 0 aromatic heterocycles. The van der Waals surface area contributed by atoms with Crippen molar-refractivity contribution in [1.82, 2.24) is 4.90 Å². The molecule has 1 aromatic rings. The van der Waals surface area contributed by atoms with Gasteiger partial charge >= 0.3 is 6.18 Å². The van der Waals surface area contributed by atoms with Crippen molar-refractivity contribution in [3.63, 3.8) is 0 Å². The molecule has 0 fully saturated rings. The van der Waals surface area contributed by atoms with E-state index >= 15 is 0 Å². The first-order chi connectivity index (χ1) is 9.62. The Hall–Kier alpha value is -1.76. The lowest BCUT2D eigenvalue weighted by molar-refractivity contribution is -0.137. The van der Waals surface area contributed by atoms with Crippen molar-refractivity contribution < 1.29 is 18.0 Å². The van der Waals surface area contributed by atoms with Crippen LogP contribution in [0.1, 0.15) is 22.3 Å². The average Bonchev–Trinajstić information content (AvgIpc) is 2.36. The predicted molar refractivity (Wildman–Crippen MR) is 76.4 cm³/mol. The van der Waals surface area contributed by atoms with Gasteiger partial charge in [0.2, 0.25) is 0 Å². The number of primary amides is 1. The summed E-state index contributed by atoms with van der Waals surface area (Å²) < 4.78 is 38.1. The molecule has 118 valence electrons. The maximum absolute atomic E-state index is 12.7. The molecule has 4 nitrogen and oxygen atoms in total. The summed E-state index contributed by atoms with van der Waals surface area (Å²) in [6.45, 7) is 1.46. The number of anilines is 1. The lowest BCUT2D eigenvalue weighted by Crippen LogP contribution is -2.26. The predicted octanol–water partition coefficient (Wildman–Crippen LogP) is 2.19. The lowest BCUT2D eigenvalue weighted by atomic mass is 10.1. The van der Waals surface area contributed by atoms with Crippen LogP contribution in [0.2, 0.25) is 0 Å². The Kier molecular flexibility index (Phi) is 5.60. The fourth-order valence-electron chi connectivity index (χ4n) is 1.99. The van der Waals surface area contributed by atoms with Gasteiger partial charge in [0.25, 0.3) is 5.91 Å². The van der Waals surface area contributed by atoms with Crippen molar-refractivity contribution in [3.05, 3.63) is 29.3 Å². The quantitative estimate of drug-likeness (QED) is 0.876. The van der Waals surface area contributed by atoms with Crippen LogP contribution in [0, 0.1) is 0 Å².